The number of benzene rings is 1. The molecule has 0 bridgehead atoms. The maximum atomic E-state index is 12.5. The molecule has 8 heteroatoms. The molecule has 0 radical (unpaired) electrons. The molecule has 24 heavy (non-hydrogen) atoms. The SMILES string of the molecule is O=C(O)C1CCN(C(=O)c2cccc(CN3C(=O)CNC3=O)c2)C1. The van der Waals surface area contributed by atoms with E-state index in [0.717, 1.165) is 4.90 Å². The molecule has 2 fully saturated rings. The Labute approximate surface area is 138 Å². The standard InChI is InChI=1S/C16H17N3O5/c20-13-7-17-16(24)19(13)8-10-2-1-3-11(6-10)14(21)18-5-4-12(9-18)15(22)23/h1-3,6,12H,4-5,7-9H2,(H,17,24)(H,22,23). The zero-order chi connectivity index (χ0) is 17.3. The van der Waals surface area contributed by atoms with E-state index in [4.69, 9.17) is 5.11 Å². The lowest BCUT2D eigenvalue weighted by Crippen LogP contribution is -2.31. The number of hydrogen-bond donors (Lipinski definition) is 2. The summed E-state index contributed by atoms with van der Waals surface area (Å²) in [6.45, 7) is 0.698. The molecule has 2 heterocycles. The van der Waals surface area contributed by atoms with Crippen LogP contribution in [0.25, 0.3) is 0 Å². The molecule has 1 aromatic carbocycles. The molecule has 3 rings (SSSR count). The van der Waals surface area contributed by atoms with E-state index in [2.05, 4.69) is 5.32 Å². The number of aliphatic carboxylic acids is 1. The minimum Gasteiger partial charge on any atom is -0.481 e. The largest absolute Gasteiger partial charge is 0.481 e. The van der Waals surface area contributed by atoms with Gasteiger partial charge < -0.3 is 15.3 Å². The van der Waals surface area contributed by atoms with Gasteiger partial charge in [-0.15, -0.1) is 0 Å². The first-order chi connectivity index (χ1) is 11.5. The maximum Gasteiger partial charge on any atom is 0.324 e. The highest BCUT2D eigenvalue weighted by molar-refractivity contribution is 6.02. The number of carboxylic acid groups (broad SMARTS) is 1. The van der Waals surface area contributed by atoms with Crippen LogP contribution in [0.4, 0.5) is 4.79 Å². The highest BCUT2D eigenvalue weighted by atomic mass is 16.4. The highest BCUT2D eigenvalue weighted by Crippen LogP contribution is 2.20. The number of carboxylic acids is 1. The summed E-state index contributed by atoms with van der Waals surface area (Å²) in [6, 6.07) is 6.26. The number of amides is 4. The Balaban J connectivity index is 1.71. The van der Waals surface area contributed by atoms with E-state index in [0.29, 0.717) is 24.1 Å². The molecule has 4 amide bonds. The van der Waals surface area contributed by atoms with Crippen LogP contribution in [0.3, 0.4) is 0 Å². The van der Waals surface area contributed by atoms with Gasteiger partial charge in [-0.2, -0.15) is 0 Å². The van der Waals surface area contributed by atoms with Gasteiger partial charge in [-0.05, 0) is 24.1 Å². The fraction of sp³-hybridized carbons (Fsp3) is 0.375. The third-order valence-electron chi connectivity index (χ3n) is 4.28. The van der Waals surface area contributed by atoms with Gasteiger partial charge in [0.05, 0.1) is 19.0 Å². The van der Waals surface area contributed by atoms with Crippen LogP contribution < -0.4 is 5.32 Å². The lowest BCUT2D eigenvalue weighted by molar-refractivity contribution is -0.141. The minimum atomic E-state index is -0.891. The summed E-state index contributed by atoms with van der Waals surface area (Å²) in [7, 11) is 0. The average Bonchev–Trinajstić information content (AvgIpc) is 3.17. The molecule has 2 aliphatic rings. The van der Waals surface area contributed by atoms with Crippen molar-refractivity contribution in [2.45, 2.75) is 13.0 Å². The molecule has 1 atom stereocenters. The fourth-order valence-electron chi connectivity index (χ4n) is 2.93. The van der Waals surface area contributed by atoms with E-state index < -0.39 is 17.9 Å². The number of carbonyl (C=O) groups is 4. The van der Waals surface area contributed by atoms with E-state index in [9.17, 15) is 19.2 Å². The Hall–Kier alpha value is -2.90. The summed E-state index contributed by atoms with van der Waals surface area (Å²) in [5.41, 5.74) is 1.09. The molecule has 126 valence electrons. The molecule has 2 N–H and O–H groups in total. The van der Waals surface area contributed by atoms with Crippen LogP contribution in [-0.4, -0.2) is 58.4 Å². The predicted molar refractivity (Wildman–Crippen MR) is 82.0 cm³/mol. The number of nitrogens with one attached hydrogen (secondary N) is 1. The number of hydrogen-bond acceptors (Lipinski definition) is 4. The Morgan fingerprint density at radius 2 is 2.08 bits per heavy atom. The molecule has 8 nitrogen and oxygen atoms in total. The fourth-order valence-corrected chi connectivity index (χ4v) is 2.93. The minimum absolute atomic E-state index is 0.0121. The third-order valence-corrected chi connectivity index (χ3v) is 4.28. The average molecular weight is 331 g/mol. The summed E-state index contributed by atoms with van der Waals surface area (Å²) in [6.07, 6.45) is 0.448. The van der Waals surface area contributed by atoms with Gasteiger partial charge in [0, 0.05) is 18.7 Å². The van der Waals surface area contributed by atoms with E-state index in [1.54, 1.807) is 24.3 Å². The zero-order valence-corrected chi connectivity index (χ0v) is 12.9. The summed E-state index contributed by atoms with van der Waals surface area (Å²) >= 11 is 0. The quantitative estimate of drug-likeness (QED) is 0.771. The summed E-state index contributed by atoms with van der Waals surface area (Å²) in [5.74, 6) is -1.96. The van der Waals surface area contributed by atoms with Crippen LogP contribution in [0.2, 0.25) is 0 Å². The van der Waals surface area contributed by atoms with Crippen LogP contribution in [0.15, 0.2) is 24.3 Å². The monoisotopic (exact) mass is 331 g/mol. The Morgan fingerprint density at radius 1 is 1.29 bits per heavy atom. The van der Waals surface area contributed by atoms with Crippen LogP contribution in [0, 0.1) is 5.92 Å². The second-order valence-corrected chi connectivity index (χ2v) is 5.91. The van der Waals surface area contributed by atoms with Crippen LogP contribution >= 0.6 is 0 Å². The number of likely N-dealkylation sites (tertiary alicyclic amines) is 1. The molecule has 2 saturated heterocycles. The predicted octanol–water partition coefficient (Wildman–Crippen LogP) is 0.285. The van der Waals surface area contributed by atoms with Gasteiger partial charge in [0.2, 0.25) is 5.91 Å². The Bertz CT molecular complexity index is 701. The van der Waals surface area contributed by atoms with Gasteiger partial charge in [0.25, 0.3) is 5.91 Å². The van der Waals surface area contributed by atoms with Gasteiger partial charge in [0.15, 0.2) is 0 Å². The van der Waals surface area contributed by atoms with Gasteiger partial charge in [-0.25, -0.2) is 4.79 Å². The molecule has 0 spiro atoms. The van der Waals surface area contributed by atoms with Crippen molar-refractivity contribution in [2.24, 2.45) is 5.92 Å². The van der Waals surface area contributed by atoms with Gasteiger partial charge in [0.1, 0.15) is 0 Å². The van der Waals surface area contributed by atoms with Crippen molar-refractivity contribution in [3.8, 4) is 0 Å². The van der Waals surface area contributed by atoms with Crippen molar-refractivity contribution in [1.82, 2.24) is 15.1 Å². The van der Waals surface area contributed by atoms with E-state index >= 15 is 0 Å². The molecule has 1 aromatic rings. The molecular weight excluding hydrogens is 314 g/mol. The summed E-state index contributed by atoms with van der Waals surface area (Å²) < 4.78 is 0. The highest BCUT2D eigenvalue weighted by Gasteiger charge is 2.32. The number of urea groups is 1. The maximum absolute atomic E-state index is 12.5. The molecule has 0 aromatic heterocycles. The van der Waals surface area contributed by atoms with Gasteiger partial charge in [-0.1, -0.05) is 12.1 Å². The Morgan fingerprint density at radius 3 is 2.71 bits per heavy atom. The van der Waals surface area contributed by atoms with Gasteiger partial charge >= 0.3 is 12.0 Å². The van der Waals surface area contributed by atoms with Crippen LogP contribution in [0.5, 0.6) is 0 Å². The zero-order valence-electron chi connectivity index (χ0n) is 12.9. The molecule has 1 unspecified atom stereocenters. The first-order valence-electron chi connectivity index (χ1n) is 7.65. The smallest absolute Gasteiger partial charge is 0.324 e. The van der Waals surface area contributed by atoms with Crippen molar-refractivity contribution in [2.75, 3.05) is 19.6 Å². The second kappa shape index (κ2) is 6.31. The lowest BCUT2D eigenvalue weighted by Gasteiger charge is -2.17. The molecule has 0 aliphatic carbocycles. The topological polar surface area (TPSA) is 107 Å². The Kier molecular flexibility index (Phi) is 4.20. The molecule has 0 saturated carbocycles. The number of nitrogens with zero attached hydrogens (tertiary/aromatic N) is 2. The van der Waals surface area contributed by atoms with Crippen molar-refractivity contribution in [1.29, 1.82) is 0 Å². The van der Waals surface area contributed by atoms with E-state index in [1.165, 1.54) is 4.90 Å². The third kappa shape index (κ3) is 3.08. The first kappa shape index (κ1) is 16.0. The second-order valence-electron chi connectivity index (χ2n) is 5.91. The molecule has 2 aliphatic heterocycles. The van der Waals surface area contributed by atoms with Crippen molar-refractivity contribution in [3.63, 3.8) is 0 Å². The van der Waals surface area contributed by atoms with Crippen molar-refractivity contribution >= 4 is 23.8 Å². The van der Waals surface area contributed by atoms with Crippen molar-refractivity contribution in [3.05, 3.63) is 35.4 Å². The van der Waals surface area contributed by atoms with E-state index in [-0.39, 0.29) is 31.4 Å². The number of rotatable bonds is 4. The summed E-state index contributed by atoms with van der Waals surface area (Å²) in [5, 5.41) is 11.5. The van der Waals surface area contributed by atoms with E-state index in [1.807, 2.05) is 0 Å². The first-order valence-corrected chi connectivity index (χ1v) is 7.65. The normalized spacial score (nSPS) is 20.4. The van der Waals surface area contributed by atoms with Crippen LogP contribution in [-0.2, 0) is 16.1 Å². The number of imide groups is 1. The summed E-state index contributed by atoms with van der Waals surface area (Å²) in [4.78, 5) is 49.3. The van der Waals surface area contributed by atoms with Gasteiger partial charge in [-0.3, -0.25) is 19.3 Å². The molecular formula is C16H17N3O5. The van der Waals surface area contributed by atoms with Crippen LogP contribution in [0.1, 0.15) is 22.3 Å². The number of carbonyl (C=O) groups excluding carboxylic acids is 3. The van der Waals surface area contributed by atoms with Crippen molar-refractivity contribution < 1.29 is 24.3 Å². The lowest BCUT2D eigenvalue weighted by atomic mass is 10.1.